The van der Waals surface area contributed by atoms with Crippen molar-refractivity contribution in [1.82, 2.24) is 4.90 Å². The van der Waals surface area contributed by atoms with Gasteiger partial charge in [0.1, 0.15) is 4.75 Å². The van der Waals surface area contributed by atoms with Crippen LogP contribution >= 0.6 is 11.6 Å². The number of amides is 1. The lowest BCUT2D eigenvalue weighted by Crippen LogP contribution is -2.55. The van der Waals surface area contributed by atoms with Crippen molar-refractivity contribution >= 4 is 27.3 Å². The number of rotatable bonds is 3. The number of halogens is 1. The van der Waals surface area contributed by atoms with Crippen molar-refractivity contribution in [2.75, 3.05) is 18.7 Å². The Morgan fingerprint density at radius 2 is 2.00 bits per heavy atom. The van der Waals surface area contributed by atoms with Crippen LogP contribution in [0.3, 0.4) is 0 Å². The molecule has 0 aromatic heterocycles. The molecule has 1 rings (SSSR count). The van der Waals surface area contributed by atoms with Gasteiger partial charge in [-0.15, -0.1) is 11.6 Å². The quantitative estimate of drug-likeness (QED) is 0.736. The normalized spacial score (nSPS) is 22.6. The van der Waals surface area contributed by atoms with Crippen molar-refractivity contribution in [2.24, 2.45) is 0 Å². The predicted molar refractivity (Wildman–Crippen MR) is 69.0 cm³/mol. The van der Waals surface area contributed by atoms with Crippen LogP contribution in [0.15, 0.2) is 0 Å². The van der Waals surface area contributed by atoms with E-state index in [1.807, 2.05) is 0 Å². The summed E-state index contributed by atoms with van der Waals surface area (Å²) in [6.07, 6.45) is 3.92. The number of nitrogens with zero attached hydrogens (tertiary/aromatic N) is 1. The Morgan fingerprint density at radius 3 is 2.47 bits per heavy atom. The van der Waals surface area contributed by atoms with Crippen LogP contribution in [0.5, 0.6) is 0 Å². The van der Waals surface area contributed by atoms with Gasteiger partial charge in [-0.3, -0.25) is 4.79 Å². The first kappa shape index (κ1) is 14.8. The molecule has 0 aliphatic carbocycles. The molecule has 0 saturated carbocycles. The fourth-order valence-corrected chi connectivity index (χ4v) is 2.69. The van der Waals surface area contributed by atoms with Crippen LogP contribution in [0.1, 0.15) is 33.1 Å². The first-order valence-electron chi connectivity index (χ1n) is 5.78. The van der Waals surface area contributed by atoms with E-state index < -0.39 is 14.6 Å². The van der Waals surface area contributed by atoms with Gasteiger partial charge in [-0.25, -0.2) is 8.42 Å². The molecule has 1 atom stereocenters. The standard InChI is InChI=1S/C11H20ClNO3S/c1-11(2,17(3,15)16)10(14)13-7-5-4-6-9(13)8-12/h9H,4-8H2,1-3H3. The maximum absolute atomic E-state index is 12.3. The van der Waals surface area contributed by atoms with E-state index in [1.165, 1.54) is 13.8 Å². The van der Waals surface area contributed by atoms with Gasteiger partial charge < -0.3 is 4.90 Å². The molecule has 100 valence electrons. The van der Waals surface area contributed by atoms with Crippen LogP contribution in [0.2, 0.25) is 0 Å². The Kier molecular flexibility index (Phi) is 4.47. The minimum Gasteiger partial charge on any atom is -0.337 e. The first-order valence-corrected chi connectivity index (χ1v) is 8.21. The van der Waals surface area contributed by atoms with Crippen molar-refractivity contribution in [3.8, 4) is 0 Å². The zero-order valence-electron chi connectivity index (χ0n) is 10.6. The van der Waals surface area contributed by atoms with Gasteiger partial charge in [0.2, 0.25) is 5.91 Å². The van der Waals surface area contributed by atoms with E-state index in [-0.39, 0.29) is 11.9 Å². The molecular formula is C11H20ClNO3S. The van der Waals surface area contributed by atoms with Crippen molar-refractivity contribution in [2.45, 2.75) is 43.9 Å². The van der Waals surface area contributed by atoms with Crippen LogP contribution in [0, 0.1) is 0 Å². The molecule has 1 unspecified atom stereocenters. The zero-order chi connectivity index (χ0) is 13.3. The van der Waals surface area contributed by atoms with Crippen LogP contribution in [0.25, 0.3) is 0 Å². The molecule has 0 N–H and O–H groups in total. The van der Waals surface area contributed by atoms with Crippen molar-refractivity contribution in [3.63, 3.8) is 0 Å². The van der Waals surface area contributed by atoms with Gasteiger partial charge in [0.25, 0.3) is 0 Å². The van der Waals surface area contributed by atoms with Crippen molar-refractivity contribution in [3.05, 3.63) is 0 Å². The number of alkyl halides is 1. The molecule has 0 aromatic carbocycles. The number of hydrogen-bond acceptors (Lipinski definition) is 3. The Labute approximate surface area is 108 Å². The second-order valence-electron chi connectivity index (χ2n) is 5.08. The third-order valence-electron chi connectivity index (χ3n) is 3.51. The Hall–Kier alpha value is -0.290. The third kappa shape index (κ3) is 2.94. The second-order valence-corrected chi connectivity index (χ2v) is 7.96. The number of likely N-dealkylation sites (tertiary alicyclic amines) is 1. The molecule has 0 bridgehead atoms. The van der Waals surface area contributed by atoms with E-state index in [0.29, 0.717) is 12.4 Å². The largest absolute Gasteiger partial charge is 0.337 e. The highest BCUT2D eigenvalue weighted by Crippen LogP contribution is 2.25. The molecule has 1 aliphatic heterocycles. The zero-order valence-corrected chi connectivity index (χ0v) is 12.1. The highest BCUT2D eigenvalue weighted by Gasteiger charge is 2.43. The van der Waals surface area contributed by atoms with Gasteiger partial charge in [-0.2, -0.15) is 0 Å². The lowest BCUT2D eigenvalue weighted by Gasteiger charge is -2.38. The molecule has 1 saturated heterocycles. The summed E-state index contributed by atoms with van der Waals surface area (Å²) < 4.78 is 21.9. The molecule has 6 heteroatoms. The van der Waals surface area contributed by atoms with Crippen LogP contribution in [0.4, 0.5) is 0 Å². The van der Waals surface area contributed by atoms with E-state index in [4.69, 9.17) is 11.6 Å². The molecule has 4 nitrogen and oxygen atoms in total. The summed E-state index contributed by atoms with van der Waals surface area (Å²) in [5.41, 5.74) is 0. The monoisotopic (exact) mass is 281 g/mol. The minimum absolute atomic E-state index is 0.0288. The number of sulfone groups is 1. The molecule has 1 fully saturated rings. The molecule has 17 heavy (non-hydrogen) atoms. The van der Waals surface area contributed by atoms with Crippen LogP contribution in [-0.4, -0.2) is 48.7 Å². The van der Waals surface area contributed by atoms with Crippen LogP contribution in [-0.2, 0) is 14.6 Å². The second kappa shape index (κ2) is 5.14. The van der Waals surface area contributed by atoms with E-state index in [0.717, 1.165) is 25.5 Å². The predicted octanol–water partition coefficient (Wildman–Crippen LogP) is 1.43. The number of carbonyl (C=O) groups is 1. The summed E-state index contributed by atoms with van der Waals surface area (Å²) in [5, 5.41) is 0. The summed E-state index contributed by atoms with van der Waals surface area (Å²) in [4.78, 5) is 14.0. The van der Waals surface area contributed by atoms with Gasteiger partial charge >= 0.3 is 0 Å². The van der Waals surface area contributed by atoms with E-state index in [2.05, 4.69) is 0 Å². The maximum atomic E-state index is 12.3. The van der Waals surface area contributed by atoms with E-state index in [1.54, 1.807) is 4.90 Å². The van der Waals surface area contributed by atoms with Crippen LogP contribution < -0.4 is 0 Å². The van der Waals surface area contributed by atoms with Crippen molar-refractivity contribution in [1.29, 1.82) is 0 Å². The van der Waals surface area contributed by atoms with E-state index >= 15 is 0 Å². The average molecular weight is 282 g/mol. The van der Waals surface area contributed by atoms with Crippen molar-refractivity contribution < 1.29 is 13.2 Å². The third-order valence-corrected chi connectivity index (χ3v) is 5.89. The summed E-state index contributed by atoms with van der Waals surface area (Å²) in [7, 11) is -3.42. The molecule has 1 amide bonds. The first-order chi connectivity index (χ1) is 7.71. The lowest BCUT2D eigenvalue weighted by molar-refractivity contribution is -0.136. The van der Waals surface area contributed by atoms with E-state index in [9.17, 15) is 13.2 Å². The fourth-order valence-electron chi connectivity index (χ4n) is 1.93. The fraction of sp³-hybridized carbons (Fsp3) is 0.909. The molecule has 1 aliphatic rings. The molecule has 0 spiro atoms. The Bertz CT molecular complexity index is 392. The summed E-state index contributed by atoms with van der Waals surface area (Å²) in [6.45, 7) is 3.53. The Morgan fingerprint density at radius 1 is 1.41 bits per heavy atom. The van der Waals surface area contributed by atoms with Gasteiger partial charge in [0.05, 0.1) is 0 Å². The smallest absolute Gasteiger partial charge is 0.243 e. The number of carbonyl (C=O) groups excluding carboxylic acids is 1. The highest BCUT2D eigenvalue weighted by molar-refractivity contribution is 7.92. The summed E-state index contributed by atoms with van der Waals surface area (Å²) in [6, 6.07) is -0.0288. The number of piperidine rings is 1. The van der Waals surface area contributed by atoms with Gasteiger partial charge in [0.15, 0.2) is 9.84 Å². The molecule has 1 heterocycles. The molecule has 0 aromatic rings. The number of hydrogen-bond donors (Lipinski definition) is 0. The topological polar surface area (TPSA) is 54.5 Å². The van der Waals surface area contributed by atoms with Gasteiger partial charge in [0, 0.05) is 24.7 Å². The molecule has 0 radical (unpaired) electrons. The average Bonchev–Trinajstić information content (AvgIpc) is 2.26. The minimum atomic E-state index is -3.42. The summed E-state index contributed by atoms with van der Waals surface area (Å²) in [5.74, 6) is 0.0383. The lowest BCUT2D eigenvalue weighted by atomic mass is 10.0. The Balaban J connectivity index is 2.95. The molecular weight excluding hydrogens is 262 g/mol. The maximum Gasteiger partial charge on any atom is 0.243 e. The highest BCUT2D eigenvalue weighted by atomic mass is 35.5. The van der Waals surface area contributed by atoms with Gasteiger partial charge in [-0.1, -0.05) is 0 Å². The SMILES string of the molecule is CC(C)(C(=O)N1CCCCC1CCl)S(C)(=O)=O. The summed E-state index contributed by atoms with van der Waals surface area (Å²) >= 11 is 5.84. The van der Waals surface area contributed by atoms with Gasteiger partial charge in [-0.05, 0) is 33.1 Å².